The van der Waals surface area contributed by atoms with Gasteiger partial charge in [0.05, 0.1) is 5.69 Å². The van der Waals surface area contributed by atoms with E-state index in [1.165, 1.54) is 11.3 Å². The second-order valence-corrected chi connectivity index (χ2v) is 5.97. The van der Waals surface area contributed by atoms with Crippen molar-refractivity contribution in [2.45, 2.75) is 0 Å². The maximum atomic E-state index is 9.30. The summed E-state index contributed by atoms with van der Waals surface area (Å²) in [6, 6.07) is 12.3. The van der Waals surface area contributed by atoms with Gasteiger partial charge in [-0.05, 0) is 42.5 Å². The molecule has 3 rings (SSSR count). The number of benzene rings is 2. The second-order valence-electron chi connectivity index (χ2n) is 4.24. The van der Waals surface area contributed by atoms with Crippen molar-refractivity contribution in [1.29, 1.82) is 0 Å². The van der Waals surface area contributed by atoms with Crippen molar-refractivity contribution in [1.82, 2.24) is 4.98 Å². The first-order valence-electron chi connectivity index (χ1n) is 5.83. The molecule has 20 heavy (non-hydrogen) atoms. The molecule has 0 unspecified atom stereocenters. The van der Waals surface area contributed by atoms with Gasteiger partial charge in [0.25, 0.3) is 0 Å². The Morgan fingerprint density at radius 2 is 1.55 bits per heavy atom. The van der Waals surface area contributed by atoms with Crippen molar-refractivity contribution in [2.24, 2.45) is 0 Å². The van der Waals surface area contributed by atoms with Crippen LogP contribution in [0, 0.1) is 0 Å². The van der Waals surface area contributed by atoms with E-state index in [-0.39, 0.29) is 5.75 Å². The third kappa shape index (κ3) is 2.80. The van der Waals surface area contributed by atoms with Crippen molar-refractivity contribution < 1.29 is 5.11 Å². The van der Waals surface area contributed by atoms with Crippen LogP contribution in [0.3, 0.4) is 0 Å². The molecule has 0 saturated heterocycles. The quantitative estimate of drug-likeness (QED) is 0.677. The van der Waals surface area contributed by atoms with Crippen molar-refractivity contribution >= 4 is 34.5 Å². The molecular weight excluding hydrogens is 313 g/mol. The van der Waals surface area contributed by atoms with E-state index in [9.17, 15) is 5.11 Å². The van der Waals surface area contributed by atoms with E-state index in [0.29, 0.717) is 10.0 Å². The molecule has 1 heterocycles. The number of nitrogens with zero attached hydrogens (tertiary/aromatic N) is 1. The molecule has 2 aromatic carbocycles. The smallest absolute Gasteiger partial charge is 0.124 e. The summed E-state index contributed by atoms with van der Waals surface area (Å²) in [5, 5.41) is 13.3. The predicted octanol–water partition coefficient (Wildman–Crippen LogP) is 5.49. The molecule has 0 amide bonds. The third-order valence-electron chi connectivity index (χ3n) is 2.78. The SMILES string of the molecule is Oc1ccc(-c2csc(-c3cc(Cl)cc(Cl)c3)n2)cc1. The molecule has 0 aliphatic rings. The fourth-order valence-electron chi connectivity index (χ4n) is 1.85. The highest BCUT2D eigenvalue weighted by molar-refractivity contribution is 7.13. The van der Waals surface area contributed by atoms with Gasteiger partial charge in [0.15, 0.2) is 0 Å². The Hall–Kier alpha value is -1.55. The van der Waals surface area contributed by atoms with Crippen LogP contribution in [0.5, 0.6) is 5.75 Å². The minimum absolute atomic E-state index is 0.242. The molecule has 0 saturated carbocycles. The topological polar surface area (TPSA) is 33.1 Å². The van der Waals surface area contributed by atoms with Gasteiger partial charge in [-0.1, -0.05) is 23.2 Å². The minimum Gasteiger partial charge on any atom is -0.508 e. The zero-order valence-corrected chi connectivity index (χ0v) is 12.5. The van der Waals surface area contributed by atoms with Crippen LogP contribution in [0.15, 0.2) is 47.8 Å². The molecule has 2 nitrogen and oxygen atoms in total. The lowest BCUT2D eigenvalue weighted by Gasteiger charge is -1.99. The van der Waals surface area contributed by atoms with E-state index in [4.69, 9.17) is 23.2 Å². The molecule has 1 aromatic heterocycles. The van der Waals surface area contributed by atoms with Gasteiger partial charge in [-0.2, -0.15) is 0 Å². The lowest BCUT2D eigenvalue weighted by atomic mass is 10.1. The first-order chi connectivity index (χ1) is 9.61. The lowest BCUT2D eigenvalue weighted by Crippen LogP contribution is -1.80. The van der Waals surface area contributed by atoms with Crippen LogP contribution >= 0.6 is 34.5 Å². The molecule has 100 valence electrons. The Bertz CT molecular complexity index is 733. The first-order valence-corrected chi connectivity index (χ1v) is 7.47. The first kappa shape index (κ1) is 13.4. The van der Waals surface area contributed by atoms with Gasteiger partial charge >= 0.3 is 0 Å². The van der Waals surface area contributed by atoms with Crippen molar-refractivity contribution in [2.75, 3.05) is 0 Å². The number of hydrogen-bond donors (Lipinski definition) is 1. The Morgan fingerprint density at radius 3 is 2.20 bits per heavy atom. The molecule has 0 fully saturated rings. The summed E-state index contributed by atoms with van der Waals surface area (Å²) < 4.78 is 0. The molecule has 1 N–H and O–H groups in total. The van der Waals surface area contributed by atoms with Gasteiger partial charge in [-0.3, -0.25) is 0 Å². The van der Waals surface area contributed by atoms with Gasteiger partial charge in [0.2, 0.25) is 0 Å². The Kier molecular flexibility index (Phi) is 3.66. The summed E-state index contributed by atoms with van der Waals surface area (Å²) >= 11 is 13.5. The molecule has 3 aromatic rings. The van der Waals surface area contributed by atoms with Crippen molar-refractivity contribution in [3.05, 3.63) is 57.9 Å². The molecule has 0 aliphatic heterocycles. The van der Waals surface area contributed by atoms with E-state index in [1.54, 1.807) is 18.2 Å². The average molecular weight is 322 g/mol. The van der Waals surface area contributed by atoms with Gasteiger partial charge in [-0.15, -0.1) is 11.3 Å². The number of rotatable bonds is 2. The molecule has 5 heteroatoms. The van der Waals surface area contributed by atoms with Gasteiger partial charge in [-0.25, -0.2) is 4.98 Å². The van der Waals surface area contributed by atoms with Crippen LogP contribution < -0.4 is 0 Å². The number of phenols is 1. The number of hydrogen-bond acceptors (Lipinski definition) is 3. The van der Waals surface area contributed by atoms with Crippen LogP contribution in [-0.2, 0) is 0 Å². The molecule has 0 spiro atoms. The minimum atomic E-state index is 0.242. The molecular formula is C15H9Cl2NOS. The average Bonchev–Trinajstić information content (AvgIpc) is 2.88. The Morgan fingerprint density at radius 1 is 0.900 bits per heavy atom. The number of phenolic OH excluding ortho intramolecular Hbond substituents is 1. The summed E-state index contributed by atoms with van der Waals surface area (Å²) in [7, 11) is 0. The summed E-state index contributed by atoms with van der Waals surface area (Å²) in [5.41, 5.74) is 2.72. The maximum Gasteiger partial charge on any atom is 0.124 e. The van der Waals surface area contributed by atoms with Crippen LogP contribution in [0.2, 0.25) is 10.0 Å². The normalized spacial score (nSPS) is 10.7. The zero-order valence-electron chi connectivity index (χ0n) is 10.2. The fraction of sp³-hybridized carbons (Fsp3) is 0. The van der Waals surface area contributed by atoms with Crippen LogP contribution in [0.25, 0.3) is 21.8 Å². The van der Waals surface area contributed by atoms with Crippen molar-refractivity contribution in [3.8, 4) is 27.6 Å². The van der Waals surface area contributed by atoms with Gasteiger partial charge in [0.1, 0.15) is 10.8 Å². The predicted molar refractivity (Wildman–Crippen MR) is 84.7 cm³/mol. The Labute approximate surface area is 130 Å². The van der Waals surface area contributed by atoms with E-state index in [0.717, 1.165) is 21.8 Å². The fourth-order valence-corrected chi connectivity index (χ4v) is 3.19. The van der Waals surface area contributed by atoms with Crippen molar-refractivity contribution in [3.63, 3.8) is 0 Å². The molecule has 0 atom stereocenters. The Balaban J connectivity index is 1.99. The number of halogens is 2. The monoisotopic (exact) mass is 321 g/mol. The highest BCUT2D eigenvalue weighted by Crippen LogP contribution is 2.32. The van der Waals surface area contributed by atoms with E-state index < -0.39 is 0 Å². The third-order valence-corrected chi connectivity index (χ3v) is 4.10. The highest BCUT2D eigenvalue weighted by Gasteiger charge is 2.08. The number of thiazole rings is 1. The largest absolute Gasteiger partial charge is 0.508 e. The summed E-state index contributed by atoms with van der Waals surface area (Å²) in [6.07, 6.45) is 0. The van der Waals surface area contributed by atoms with E-state index in [2.05, 4.69) is 4.98 Å². The van der Waals surface area contributed by atoms with Gasteiger partial charge in [0, 0.05) is 26.6 Å². The van der Waals surface area contributed by atoms with E-state index in [1.807, 2.05) is 29.6 Å². The van der Waals surface area contributed by atoms with Crippen LogP contribution in [0.4, 0.5) is 0 Å². The number of aromatic hydroxyl groups is 1. The van der Waals surface area contributed by atoms with Crippen LogP contribution in [0.1, 0.15) is 0 Å². The molecule has 0 bridgehead atoms. The summed E-state index contributed by atoms with van der Waals surface area (Å²) in [6.45, 7) is 0. The zero-order chi connectivity index (χ0) is 14.1. The van der Waals surface area contributed by atoms with E-state index >= 15 is 0 Å². The van der Waals surface area contributed by atoms with Crippen LogP contribution in [-0.4, -0.2) is 10.1 Å². The maximum absolute atomic E-state index is 9.30. The summed E-state index contributed by atoms with van der Waals surface area (Å²) in [4.78, 5) is 4.58. The lowest BCUT2D eigenvalue weighted by molar-refractivity contribution is 0.475. The standard InChI is InChI=1S/C15H9Cl2NOS/c16-11-5-10(6-12(17)7-11)15-18-14(8-20-15)9-1-3-13(19)4-2-9/h1-8,19H. The number of aromatic nitrogens is 1. The molecule has 0 radical (unpaired) electrons. The van der Waals surface area contributed by atoms with Gasteiger partial charge < -0.3 is 5.11 Å². The molecule has 0 aliphatic carbocycles. The highest BCUT2D eigenvalue weighted by atomic mass is 35.5. The second kappa shape index (κ2) is 5.44. The summed E-state index contributed by atoms with van der Waals surface area (Å²) in [5.74, 6) is 0.242.